The zero-order valence-corrected chi connectivity index (χ0v) is 11.4. The largest absolute Gasteiger partial charge is 0.478 e. The quantitative estimate of drug-likeness (QED) is 0.690. The predicted octanol–water partition coefficient (Wildman–Crippen LogP) is -1.32. The van der Waals surface area contributed by atoms with Gasteiger partial charge in [0.25, 0.3) is 5.56 Å². The van der Waals surface area contributed by atoms with Crippen molar-refractivity contribution < 1.29 is 14.7 Å². The number of amides is 1. The number of carbonyl (C=O) groups is 2. The molecule has 0 saturated heterocycles. The number of aromatic nitrogens is 2. The predicted molar refractivity (Wildman–Crippen MR) is 70.2 cm³/mol. The molecule has 1 amide bonds. The van der Waals surface area contributed by atoms with Crippen molar-refractivity contribution in [3.8, 4) is 0 Å². The summed E-state index contributed by atoms with van der Waals surface area (Å²) in [6.45, 7) is -0.0242. The molecule has 0 atom stereocenters. The van der Waals surface area contributed by atoms with E-state index in [1.807, 2.05) is 0 Å². The van der Waals surface area contributed by atoms with Crippen LogP contribution in [-0.4, -0.2) is 38.1 Å². The topological polar surface area (TPSA) is 102 Å². The van der Waals surface area contributed by atoms with Crippen LogP contribution in [0.25, 0.3) is 0 Å². The van der Waals surface area contributed by atoms with Gasteiger partial charge in [-0.25, -0.2) is 9.59 Å². The number of nitrogens with zero attached hydrogens (tertiary/aromatic N) is 3. The van der Waals surface area contributed by atoms with E-state index in [4.69, 9.17) is 5.11 Å². The minimum atomic E-state index is -1.23. The van der Waals surface area contributed by atoms with Crippen LogP contribution in [0, 0.1) is 0 Å². The lowest BCUT2D eigenvalue weighted by molar-refractivity contribution is -0.132. The van der Waals surface area contributed by atoms with Crippen LogP contribution in [0.5, 0.6) is 0 Å². The molecule has 0 radical (unpaired) electrons. The summed E-state index contributed by atoms with van der Waals surface area (Å²) in [5.74, 6) is -1.78. The zero-order valence-electron chi connectivity index (χ0n) is 11.4. The molecule has 8 heteroatoms. The van der Waals surface area contributed by atoms with E-state index in [-0.39, 0.29) is 12.1 Å². The molecule has 0 saturated carbocycles. The Labute approximate surface area is 114 Å². The molecule has 1 aromatic heterocycles. The third kappa shape index (κ3) is 3.44. The highest BCUT2D eigenvalue weighted by Crippen LogP contribution is 1.97. The number of hydrogen-bond acceptors (Lipinski definition) is 4. The van der Waals surface area contributed by atoms with Crippen molar-refractivity contribution in [1.29, 1.82) is 0 Å². The van der Waals surface area contributed by atoms with Gasteiger partial charge >= 0.3 is 11.7 Å². The van der Waals surface area contributed by atoms with Crippen molar-refractivity contribution in [3.05, 3.63) is 44.8 Å². The minimum absolute atomic E-state index is 0.0242. The summed E-state index contributed by atoms with van der Waals surface area (Å²) >= 11 is 0. The highest BCUT2D eigenvalue weighted by atomic mass is 16.4. The Hall–Kier alpha value is -2.64. The first kappa shape index (κ1) is 15.4. The standard InChI is InChI=1S/C12H15N3O5/c1-13(9(16)4-5-10(17)18)6-8-7-14(2)12(20)15(3)11(8)19/h4-5,7H,6H2,1-3H3,(H,17,18)/b5-4+. The van der Waals surface area contributed by atoms with Crippen LogP contribution in [0.2, 0.25) is 0 Å². The van der Waals surface area contributed by atoms with Crippen LogP contribution >= 0.6 is 0 Å². The number of rotatable bonds is 4. The molecular formula is C12H15N3O5. The molecule has 108 valence electrons. The first-order chi connectivity index (χ1) is 9.23. The summed E-state index contributed by atoms with van der Waals surface area (Å²) in [7, 11) is 4.27. The Morgan fingerprint density at radius 1 is 1.30 bits per heavy atom. The second-order valence-electron chi connectivity index (χ2n) is 4.28. The minimum Gasteiger partial charge on any atom is -0.478 e. The average molecular weight is 281 g/mol. The third-order valence-corrected chi connectivity index (χ3v) is 2.67. The average Bonchev–Trinajstić information content (AvgIpc) is 2.39. The molecule has 0 aromatic carbocycles. The lowest BCUT2D eigenvalue weighted by atomic mass is 10.3. The van der Waals surface area contributed by atoms with Crippen molar-refractivity contribution in [2.24, 2.45) is 14.1 Å². The van der Waals surface area contributed by atoms with Crippen molar-refractivity contribution >= 4 is 11.9 Å². The fraction of sp³-hybridized carbons (Fsp3) is 0.333. The first-order valence-electron chi connectivity index (χ1n) is 5.65. The van der Waals surface area contributed by atoms with Crippen LogP contribution in [0.3, 0.4) is 0 Å². The van der Waals surface area contributed by atoms with E-state index in [0.29, 0.717) is 0 Å². The molecule has 8 nitrogen and oxygen atoms in total. The Bertz CT molecular complexity index is 683. The van der Waals surface area contributed by atoms with Crippen molar-refractivity contribution in [1.82, 2.24) is 14.0 Å². The van der Waals surface area contributed by atoms with Gasteiger partial charge in [-0.05, 0) is 0 Å². The number of aliphatic carboxylic acids is 1. The normalized spacial score (nSPS) is 10.8. The highest BCUT2D eigenvalue weighted by Gasteiger charge is 2.12. The molecular weight excluding hydrogens is 266 g/mol. The van der Waals surface area contributed by atoms with Gasteiger partial charge in [-0.2, -0.15) is 0 Å². The maximum Gasteiger partial charge on any atom is 0.330 e. The molecule has 20 heavy (non-hydrogen) atoms. The van der Waals surface area contributed by atoms with Gasteiger partial charge < -0.3 is 14.6 Å². The molecule has 0 spiro atoms. The fourth-order valence-electron chi connectivity index (χ4n) is 1.59. The smallest absolute Gasteiger partial charge is 0.330 e. The van der Waals surface area contributed by atoms with E-state index in [9.17, 15) is 19.2 Å². The van der Waals surface area contributed by atoms with Gasteiger partial charge in [0.1, 0.15) is 0 Å². The molecule has 0 aliphatic heterocycles. The first-order valence-corrected chi connectivity index (χ1v) is 5.65. The van der Waals surface area contributed by atoms with Crippen LogP contribution in [0.4, 0.5) is 0 Å². The maximum absolute atomic E-state index is 11.9. The summed E-state index contributed by atoms with van der Waals surface area (Å²) in [5.41, 5.74) is -0.692. The van der Waals surface area contributed by atoms with E-state index in [1.54, 1.807) is 0 Å². The molecule has 0 bridgehead atoms. The molecule has 0 unspecified atom stereocenters. The van der Waals surface area contributed by atoms with Crippen LogP contribution in [0.1, 0.15) is 5.56 Å². The maximum atomic E-state index is 11.9. The van der Waals surface area contributed by atoms with E-state index < -0.39 is 23.1 Å². The van der Waals surface area contributed by atoms with Crippen LogP contribution < -0.4 is 11.2 Å². The molecule has 1 N–H and O–H groups in total. The lowest BCUT2D eigenvalue weighted by Gasteiger charge is -2.15. The van der Waals surface area contributed by atoms with E-state index >= 15 is 0 Å². The Balaban J connectivity index is 3.00. The molecule has 0 fully saturated rings. The van der Waals surface area contributed by atoms with Gasteiger partial charge in [-0.1, -0.05) is 0 Å². The number of carbonyl (C=O) groups excluding carboxylic acids is 1. The summed E-state index contributed by atoms with van der Waals surface area (Å²) in [6.07, 6.45) is 2.97. The molecule has 1 aromatic rings. The fourth-order valence-corrected chi connectivity index (χ4v) is 1.59. The van der Waals surface area contributed by atoms with Crippen molar-refractivity contribution in [3.63, 3.8) is 0 Å². The van der Waals surface area contributed by atoms with E-state index in [2.05, 4.69) is 0 Å². The summed E-state index contributed by atoms with van der Waals surface area (Å²) < 4.78 is 2.18. The summed E-state index contributed by atoms with van der Waals surface area (Å²) in [4.78, 5) is 46.5. The van der Waals surface area contributed by atoms with Gasteiger partial charge in [0.15, 0.2) is 0 Å². The number of carboxylic acid groups (broad SMARTS) is 1. The van der Waals surface area contributed by atoms with Gasteiger partial charge in [0, 0.05) is 39.5 Å². The summed E-state index contributed by atoms with van der Waals surface area (Å²) in [5, 5.41) is 8.43. The monoisotopic (exact) mass is 281 g/mol. The SMILES string of the molecule is CN(Cc1cn(C)c(=O)n(C)c1=O)C(=O)/C=C/C(=O)O. The molecule has 1 rings (SSSR count). The molecule has 1 heterocycles. The van der Waals surface area contributed by atoms with Crippen molar-refractivity contribution in [2.75, 3.05) is 7.05 Å². The number of carboxylic acids is 1. The molecule has 0 aliphatic carbocycles. The third-order valence-electron chi connectivity index (χ3n) is 2.67. The van der Waals surface area contributed by atoms with Gasteiger partial charge in [-0.3, -0.25) is 14.2 Å². The lowest BCUT2D eigenvalue weighted by Crippen LogP contribution is -2.40. The Morgan fingerprint density at radius 3 is 2.45 bits per heavy atom. The van der Waals surface area contributed by atoms with Crippen LogP contribution in [-0.2, 0) is 30.2 Å². The second kappa shape index (κ2) is 6.00. The second-order valence-corrected chi connectivity index (χ2v) is 4.28. The van der Waals surface area contributed by atoms with Crippen LogP contribution in [0.15, 0.2) is 27.9 Å². The number of aryl methyl sites for hydroxylation is 1. The zero-order chi connectivity index (χ0) is 15.4. The molecule has 0 aliphatic rings. The van der Waals surface area contributed by atoms with E-state index in [1.165, 1.54) is 36.8 Å². The number of likely N-dealkylation sites (N-methyl/N-ethyl adjacent to an activating group) is 1. The highest BCUT2D eigenvalue weighted by molar-refractivity contribution is 5.93. The van der Waals surface area contributed by atoms with E-state index in [0.717, 1.165) is 16.7 Å². The van der Waals surface area contributed by atoms with Gasteiger partial charge in [0.2, 0.25) is 5.91 Å². The summed E-state index contributed by atoms with van der Waals surface area (Å²) in [6, 6.07) is 0. The Kier molecular flexibility index (Phi) is 4.63. The van der Waals surface area contributed by atoms with Gasteiger partial charge in [0.05, 0.1) is 12.1 Å². The Morgan fingerprint density at radius 2 is 1.90 bits per heavy atom. The number of hydrogen-bond donors (Lipinski definition) is 1. The van der Waals surface area contributed by atoms with Gasteiger partial charge in [-0.15, -0.1) is 0 Å². The van der Waals surface area contributed by atoms with Crippen molar-refractivity contribution in [2.45, 2.75) is 6.54 Å².